The van der Waals surface area contributed by atoms with Crippen LogP contribution < -0.4 is 0 Å². The van der Waals surface area contributed by atoms with Crippen LogP contribution in [0.3, 0.4) is 0 Å². The summed E-state index contributed by atoms with van der Waals surface area (Å²) in [6, 6.07) is 2.34. The first-order valence-corrected chi connectivity index (χ1v) is 7.53. The molecule has 1 saturated heterocycles. The fraction of sp³-hybridized carbons (Fsp3) is 0.533. The lowest BCUT2D eigenvalue weighted by Crippen LogP contribution is -2.34. The quantitative estimate of drug-likeness (QED) is 0.830. The number of aromatic nitrogens is 3. The van der Waals surface area contributed by atoms with Crippen LogP contribution in [0.1, 0.15) is 34.7 Å². The standard InChI is InChI=1S/C15H18F2N4O3/c1-20-6-3-4-10(20)14(22)21-9-15(16,17)8-11(21)13-18-12(19-24-13)5-7-23-2/h3-4,6,11H,5,7-9H2,1-2H3/t11-/m0/s1. The van der Waals surface area contributed by atoms with Gasteiger partial charge in [0.1, 0.15) is 11.7 Å². The molecule has 24 heavy (non-hydrogen) atoms. The van der Waals surface area contributed by atoms with Crippen LogP contribution in [0.2, 0.25) is 0 Å². The Morgan fingerprint density at radius 1 is 1.54 bits per heavy atom. The van der Waals surface area contributed by atoms with E-state index in [9.17, 15) is 13.6 Å². The zero-order valence-electron chi connectivity index (χ0n) is 13.4. The van der Waals surface area contributed by atoms with Gasteiger partial charge in [0.05, 0.1) is 13.2 Å². The summed E-state index contributed by atoms with van der Waals surface area (Å²) in [4.78, 5) is 17.9. The van der Waals surface area contributed by atoms with Gasteiger partial charge in [0, 0.05) is 33.2 Å². The number of likely N-dealkylation sites (tertiary alicyclic amines) is 1. The largest absolute Gasteiger partial charge is 0.384 e. The number of carbonyl (C=O) groups is 1. The van der Waals surface area contributed by atoms with Crippen molar-refractivity contribution in [1.29, 1.82) is 0 Å². The lowest BCUT2D eigenvalue weighted by molar-refractivity contribution is 0.0115. The summed E-state index contributed by atoms with van der Waals surface area (Å²) in [5.41, 5.74) is 0.330. The molecule has 0 unspecified atom stereocenters. The normalized spacial score (nSPS) is 19.8. The monoisotopic (exact) mass is 340 g/mol. The summed E-state index contributed by atoms with van der Waals surface area (Å²) >= 11 is 0. The van der Waals surface area contributed by atoms with Gasteiger partial charge in [-0.15, -0.1) is 0 Å². The predicted octanol–water partition coefficient (Wildman–Crippen LogP) is 1.82. The van der Waals surface area contributed by atoms with Crippen molar-refractivity contribution < 1.29 is 22.8 Å². The van der Waals surface area contributed by atoms with Gasteiger partial charge in [0.2, 0.25) is 5.89 Å². The third-order valence-corrected chi connectivity index (χ3v) is 3.99. The second kappa shape index (κ2) is 6.31. The second-order valence-corrected chi connectivity index (χ2v) is 5.80. The highest BCUT2D eigenvalue weighted by atomic mass is 19.3. The minimum atomic E-state index is -2.99. The number of ether oxygens (including phenoxy) is 1. The smallest absolute Gasteiger partial charge is 0.271 e. The predicted molar refractivity (Wildman–Crippen MR) is 78.6 cm³/mol. The SMILES string of the molecule is COCCc1noc([C@@H]2CC(F)(F)CN2C(=O)c2cccn2C)n1. The maximum atomic E-state index is 13.9. The summed E-state index contributed by atoms with van der Waals surface area (Å²) < 4.78 is 39.5. The van der Waals surface area contributed by atoms with Gasteiger partial charge in [-0.3, -0.25) is 4.79 Å². The van der Waals surface area contributed by atoms with E-state index in [0.29, 0.717) is 24.5 Å². The molecule has 1 aliphatic heterocycles. The number of hydrogen-bond donors (Lipinski definition) is 0. The summed E-state index contributed by atoms with van der Waals surface area (Å²) in [5, 5.41) is 3.77. The highest BCUT2D eigenvalue weighted by molar-refractivity contribution is 5.93. The van der Waals surface area contributed by atoms with E-state index < -0.39 is 30.8 Å². The molecule has 7 nitrogen and oxygen atoms in total. The molecule has 1 amide bonds. The number of halogens is 2. The first-order valence-electron chi connectivity index (χ1n) is 7.53. The molecule has 0 aliphatic carbocycles. The number of rotatable bonds is 5. The Balaban J connectivity index is 1.85. The maximum Gasteiger partial charge on any atom is 0.271 e. The van der Waals surface area contributed by atoms with Crippen LogP contribution in [-0.2, 0) is 18.2 Å². The molecule has 0 spiro atoms. The van der Waals surface area contributed by atoms with Gasteiger partial charge in [-0.1, -0.05) is 5.16 Å². The van der Waals surface area contributed by atoms with Gasteiger partial charge in [-0.05, 0) is 12.1 Å². The molecule has 3 heterocycles. The molecule has 130 valence electrons. The lowest BCUT2D eigenvalue weighted by Gasteiger charge is -2.21. The Kier molecular flexibility index (Phi) is 4.35. The number of aryl methyl sites for hydroxylation is 1. The van der Waals surface area contributed by atoms with Crippen molar-refractivity contribution in [2.45, 2.75) is 24.8 Å². The maximum absolute atomic E-state index is 13.9. The van der Waals surface area contributed by atoms with Crippen molar-refractivity contribution in [3.8, 4) is 0 Å². The molecule has 1 atom stereocenters. The summed E-state index contributed by atoms with van der Waals surface area (Å²) in [7, 11) is 3.23. The number of methoxy groups -OCH3 is 1. The van der Waals surface area contributed by atoms with Gasteiger partial charge in [0.15, 0.2) is 5.82 Å². The Morgan fingerprint density at radius 2 is 2.33 bits per heavy atom. The van der Waals surface area contributed by atoms with Gasteiger partial charge < -0.3 is 18.7 Å². The van der Waals surface area contributed by atoms with Gasteiger partial charge in [-0.2, -0.15) is 4.98 Å². The number of amides is 1. The Morgan fingerprint density at radius 3 is 3.00 bits per heavy atom. The molecule has 0 aromatic carbocycles. The molecule has 0 radical (unpaired) electrons. The van der Waals surface area contributed by atoms with E-state index in [-0.39, 0.29) is 5.89 Å². The molecule has 3 rings (SSSR count). The second-order valence-electron chi connectivity index (χ2n) is 5.80. The van der Waals surface area contributed by atoms with Crippen LogP contribution in [0.5, 0.6) is 0 Å². The molecule has 9 heteroatoms. The average molecular weight is 340 g/mol. The van der Waals surface area contributed by atoms with Crippen molar-refractivity contribution in [2.75, 3.05) is 20.3 Å². The summed E-state index contributed by atoms with van der Waals surface area (Å²) in [6.45, 7) is -0.275. The molecule has 2 aromatic rings. The van der Waals surface area contributed by atoms with Crippen molar-refractivity contribution >= 4 is 5.91 Å². The van der Waals surface area contributed by atoms with Crippen molar-refractivity contribution in [3.05, 3.63) is 35.7 Å². The molecule has 0 N–H and O–H groups in total. The van der Waals surface area contributed by atoms with Gasteiger partial charge in [-0.25, -0.2) is 8.78 Å². The summed E-state index contributed by atoms with van der Waals surface area (Å²) in [6.07, 6.45) is 1.57. The van der Waals surface area contributed by atoms with Gasteiger partial charge >= 0.3 is 0 Å². The van der Waals surface area contributed by atoms with Crippen LogP contribution in [0.4, 0.5) is 8.78 Å². The fourth-order valence-corrected chi connectivity index (χ4v) is 2.78. The molecule has 2 aromatic heterocycles. The van der Waals surface area contributed by atoms with Crippen LogP contribution >= 0.6 is 0 Å². The molecular formula is C15H18F2N4O3. The highest BCUT2D eigenvalue weighted by Crippen LogP contribution is 2.41. The van der Waals surface area contributed by atoms with E-state index >= 15 is 0 Å². The van der Waals surface area contributed by atoms with Crippen LogP contribution in [0.25, 0.3) is 0 Å². The Hall–Kier alpha value is -2.29. The molecule has 1 fully saturated rings. The van der Waals surface area contributed by atoms with E-state index in [0.717, 1.165) is 4.90 Å². The zero-order valence-corrected chi connectivity index (χ0v) is 13.4. The molecule has 0 bridgehead atoms. The van der Waals surface area contributed by atoms with Crippen molar-refractivity contribution in [2.24, 2.45) is 7.05 Å². The van der Waals surface area contributed by atoms with E-state index in [1.165, 1.54) is 0 Å². The molecule has 0 saturated carbocycles. The van der Waals surface area contributed by atoms with Crippen LogP contribution in [-0.4, -0.2) is 51.7 Å². The molecular weight excluding hydrogens is 322 g/mol. The fourth-order valence-electron chi connectivity index (χ4n) is 2.78. The minimum absolute atomic E-state index is 0.0286. The number of nitrogens with zero attached hydrogens (tertiary/aromatic N) is 4. The van der Waals surface area contributed by atoms with E-state index in [4.69, 9.17) is 9.26 Å². The third kappa shape index (κ3) is 3.16. The van der Waals surface area contributed by atoms with E-state index in [1.54, 1.807) is 37.1 Å². The van der Waals surface area contributed by atoms with E-state index in [2.05, 4.69) is 10.1 Å². The third-order valence-electron chi connectivity index (χ3n) is 3.99. The first kappa shape index (κ1) is 16.6. The Bertz CT molecular complexity index is 728. The van der Waals surface area contributed by atoms with Crippen LogP contribution in [0, 0.1) is 0 Å². The number of hydrogen-bond acceptors (Lipinski definition) is 5. The van der Waals surface area contributed by atoms with Crippen LogP contribution in [0.15, 0.2) is 22.9 Å². The minimum Gasteiger partial charge on any atom is -0.384 e. The average Bonchev–Trinajstić information content (AvgIpc) is 3.22. The molecule has 1 aliphatic rings. The zero-order chi connectivity index (χ0) is 17.3. The van der Waals surface area contributed by atoms with E-state index in [1.807, 2.05) is 0 Å². The lowest BCUT2D eigenvalue weighted by atomic mass is 10.2. The number of carbonyl (C=O) groups excluding carboxylic acids is 1. The topological polar surface area (TPSA) is 73.4 Å². The van der Waals surface area contributed by atoms with Crippen molar-refractivity contribution in [1.82, 2.24) is 19.6 Å². The number of alkyl halides is 2. The van der Waals surface area contributed by atoms with Gasteiger partial charge in [0.25, 0.3) is 11.8 Å². The highest BCUT2D eigenvalue weighted by Gasteiger charge is 2.50. The summed E-state index contributed by atoms with van der Waals surface area (Å²) in [5.74, 6) is -3.08. The van der Waals surface area contributed by atoms with Crippen molar-refractivity contribution in [3.63, 3.8) is 0 Å². The Labute approximate surface area is 137 Å². The first-order chi connectivity index (χ1) is 11.4.